The van der Waals surface area contributed by atoms with Crippen LogP contribution in [0.15, 0.2) is 34.7 Å². The van der Waals surface area contributed by atoms with Crippen LogP contribution in [0.25, 0.3) is 0 Å². The summed E-state index contributed by atoms with van der Waals surface area (Å²) in [6.07, 6.45) is 1.09. The number of hydrogen-bond acceptors (Lipinski definition) is 5. The number of anilines is 1. The third kappa shape index (κ3) is 3.81. The van der Waals surface area contributed by atoms with Gasteiger partial charge in [0, 0.05) is 22.3 Å². The zero-order valence-electron chi connectivity index (χ0n) is 13.3. The van der Waals surface area contributed by atoms with Crippen LogP contribution in [-0.4, -0.2) is 34.2 Å². The van der Waals surface area contributed by atoms with Gasteiger partial charge in [0.15, 0.2) is 5.76 Å². The molecule has 2 amide bonds. The molecule has 26 heavy (non-hydrogen) atoms. The van der Waals surface area contributed by atoms with Gasteiger partial charge in [-0.1, -0.05) is 23.2 Å². The molecule has 2 aromatic rings. The lowest BCUT2D eigenvalue weighted by Gasteiger charge is -2.23. The van der Waals surface area contributed by atoms with E-state index >= 15 is 0 Å². The van der Waals surface area contributed by atoms with Gasteiger partial charge in [-0.15, -0.1) is 0 Å². The number of nitro groups is 1. The molecule has 1 aromatic carbocycles. The molecule has 0 radical (unpaired) electrons. The summed E-state index contributed by atoms with van der Waals surface area (Å²) < 4.78 is 4.94. The summed E-state index contributed by atoms with van der Waals surface area (Å²) in [6, 6.07) is 6.24. The van der Waals surface area contributed by atoms with Crippen LogP contribution in [0.2, 0.25) is 10.0 Å². The lowest BCUT2D eigenvalue weighted by atomic mass is 10.2. The number of nitrogens with one attached hydrogen (secondary N) is 1. The fourth-order valence-corrected chi connectivity index (χ4v) is 3.34. The second kappa shape index (κ2) is 7.35. The second-order valence-electron chi connectivity index (χ2n) is 5.70. The Bertz CT molecular complexity index is 862. The predicted molar refractivity (Wildman–Crippen MR) is 94.5 cm³/mol. The average Bonchev–Trinajstić information content (AvgIpc) is 3.23. The van der Waals surface area contributed by atoms with E-state index < -0.39 is 28.7 Å². The minimum Gasteiger partial charge on any atom is -0.395 e. The van der Waals surface area contributed by atoms with Crippen LogP contribution in [0.1, 0.15) is 23.4 Å². The number of carbonyl (C=O) groups excluding carboxylic acids is 2. The molecule has 1 N–H and O–H groups in total. The summed E-state index contributed by atoms with van der Waals surface area (Å²) in [6.45, 7) is 0.349. The van der Waals surface area contributed by atoms with E-state index in [1.807, 2.05) is 0 Å². The SMILES string of the molecule is O=C(Nc1cc(Cl)cc(Cl)c1)C1CCCN1C(=O)c1ccc([N+](=O)[O-])o1. The Kier molecular flexibility index (Phi) is 5.15. The lowest BCUT2D eigenvalue weighted by Crippen LogP contribution is -2.43. The van der Waals surface area contributed by atoms with Crippen LogP contribution in [-0.2, 0) is 4.79 Å². The van der Waals surface area contributed by atoms with Crippen LogP contribution >= 0.6 is 23.2 Å². The van der Waals surface area contributed by atoms with Gasteiger partial charge in [-0.25, -0.2) is 0 Å². The van der Waals surface area contributed by atoms with Crippen molar-refractivity contribution in [3.05, 3.63) is 56.3 Å². The van der Waals surface area contributed by atoms with Gasteiger partial charge in [-0.3, -0.25) is 19.7 Å². The first-order valence-electron chi connectivity index (χ1n) is 7.67. The number of halogens is 2. The number of rotatable bonds is 4. The second-order valence-corrected chi connectivity index (χ2v) is 6.57. The quantitative estimate of drug-likeness (QED) is 0.624. The standard InChI is InChI=1S/C16H13Cl2N3O5/c17-9-6-10(18)8-11(7-9)19-15(22)12-2-1-5-20(12)16(23)13-3-4-14(26-13)21(24)25/h3-4,6-8,12H,1-2,5H2,(H,19,22). The van der Waals surface area contributed by atoms with Gasteiger partial charge in [0.2, 0.25) is 5.91 Å². The minimum atomic E-state index is -0.728. The topological polar surface area (TPSA) is 106 Å². The molecule has 10 heteroatoms. The summed E-state index contributed by atoms with van der Waals surface area (Å²) >= 11 is 11.8. The summed E-state index contributed by atoms with van der Waals surface area (Å²) in [5.41, 5.74) is 0.417. The van der Waals surface area contributed by atoms with Crippen molar-refractivity contribution >= 4 is 46.6 Å². The van der Waals surface area contributed by atoms with E-state index in [0.717, 1.165) is 6.07 Å². The number of hydrogen-bond donors (Lipinski definition) is 1. The van der Waals surface area contributed by atoms with Gasteiger partial charge in [0.05, 0.1) is 6.07 Å². The molecule has 1 atom stereocenters. The normalized spacial score (nSPS) is 16.5. The monoisotopic (exact) mass is 397 g/mol. The molecule has 0 saturated carbocycles. The maximum absolute atomic E-state index is 12.6. The van der Waals surface area contributed by atoms with Crippen molar-refractivity contribution in [2.24, 2.45) is 0 Å². The minimum absolute atomic E-state index is 0.179. The number of amides is 2. The van der Waals surface area contributed by atoms with Crippen molar-refractivity contribution in [2.45, 2.75) is 18.9 Å². The summed E-state index contributed by atoms with van der Waals surface area (Å²) in [5.74, 6) is -1.67. The van der Waals surface area contributed by atoms with E-state index in [0.29, 0.717) is 35.1 Å². The van der Waals surface area contributed by atoms with Crippen molar-refractivity contribution < 1.29 is 18.9 Å². The molecule has 3 rings (SSSR count). The van der Waals surface area contributed by atoms with Crippen LogP contribution in [0.3, 0.4) is 0 Å². The molecule has 1 fully saturated rings. The van der Waals surface area contributed by atoms with Gasteiger partial charge in [0.1, 0.15) is 11.0 Å². The molecular weight excluding hydrogens is 385 g/mol. The van der Waals surface area contributed by atoms with Crippen molar-refractivity contribution in [2.75, 3.05) is 11.9 Å². The predicted octanol–water partition coefficient (Wildman–Crippen LogP) is 3.74. The summed E-state index contributed by atoms with van der Waals surface area (Å²) in [4.78, 5) is 36.4. The molecule has 8 nitrogen and oxygen atoms in total. The summed E-state index contributed by atoms with van der Waals surface area (Å²) in [7, 11) is 0. The zero-order valence-corrected chi connectivity index (χ0v) is 14.8. The number of benzene rings is 1. The fraction of sp³-hybridized carbons (Fsp3) is 0.250. The number of nitrogens with zero attached hydrogens (tertiary/aromatic N) is 2. The van der Waals surface area contributed by atoms with Gasteiger partial charge in [0.25, 0.3) is 5.91 Å². The maximum atomic E-state index is 12.6. The number of furan rings is 1. The Balaban J connectivity index is 1.75. The van der Waals surface area contributed by atoms with Crippen molar-refractivity contribution in [1.82, 2.24) is 4.90 Å². The van der Waals surface area contributed by atoms with Crippen molar-refractivity contribution in [3.63, 3.8) is 0 Å². The number of carbonyl (C=O) groups is 2. The van der Waals surface area contributed by atoms with E-state index in [-0.39, 0.29) is 5.76 Å². The number of likely N-dealkylation sites (tertiary alicyclic amines) is 1. The van der Waals surface area contributed by atoms with E-state index in [4.69, 9.17) is 27.6 Å². The summed E-state index contributed by atoms with van der Waals surface area (Å²) in [5, 5.41) is 14.1. The molecule has 136 valence electrons. The highest BCUT2D eigenvalue weighted by atomic mass is 35.5. The molecule has 1 aliphatic rings. The Morgan fingerprint density at radius 1 is 1.23 bits per heavy atom. The van der Waals surface area contributed by atoms with Gasteiger partial charge in [-0.2, -0.15) is 0 Å². The third-order valence-corrected chi connectivity index (χ3v) is 4.37. The van der Waals surface area contributed by atoms with Gasteiger partial charge < -0.3 is 14.6 Å². The van der Waals surface area contributed by atoms with E-state index in [1.54, 1.807) is 12.1 Å². The molecule has 0 aliphatic carbocycles. The molecule has 1 aromatic heterocycles. The van der Waals surface area contributed by atoms with E-state index in [9.17, 15) is 19.7 Å². The first kappa shape index (κ1) is 18.2. The molecule has 1 saturated heterocycles. The molecule has 1 unspecified atom stereocenters. The largest absolute Gasteiger partial charge is 0.433 e. The fourth-order valence-electron chi connectivity index (χ4n) is 2.82. The Labute approximate surface area is 157 Å². The molecular formula is C16H13Cl2N3O5. The highest BCUT2D eigenvalue weighted by molar-refractivity contribution is 6.35. The Morgan fingerprint density at radius 2 is 1.92 bits per heavy atom. The van der Waals surface area contributed by atoms with E-state index in [1.165, 1.54) is 17.0 Å². The van der Waals surface area contributed by atoms with Gasteiger partial charge >= 0.3 is 5.88 Å². The van der Waals surface area contributed by atoms with Gasteiger partial charge in [-0.05, 0) is 37.1 Å². The first-order chi connectivity index (χ1) is 12.3. The highest BCUT2D eigenvalue weighted by Gasteiger charge is 2.36. The first-order valence-corrected chi connectivity index (χ1v) is 8.43. The smallest absolute Gasteiger partial charge is 0.395 e. The van der Waals surface area contributed by atoms with Crippen LogP contribution in [0, 0.1) is 10.1 Å². The van der Waals surface area contributed by atoms with Crippen LogP contribution < -0.4 is 5.32 Å². The van der Waals surface area contributed by atoms with Crippen molar-refractivity contribution in [1.29, 1.82) is 0 Å². The third-order valence-electron chi connectivity index (χ3n) is 3.93. The average molecular weight is 398 g/mol. The van der Waals surface area contributed by atoms with Crippen LogP contribution in [0.4, 0.5) is 11.6 Å². The van der Waals surface area contributed by atoms with E-state index in [2.05, 4.69) is 5.32 Å². The Hall–Kier alpha value is -2.58. The molecule has 0 bridgehead atoms. The molecule has 2 heterocycles. The maximum Gasteiger partial charge on any atom is 0.433 e. The molecule has 0 spiro atoms. The van der Waals surface area contributed by atoms with Crippen molar-refractivity contribution in [3.8, 4) is 0 Å². The lowest BCUT2D eigenvalue weighted by molar-refractivity contribution is -0.402. The zero-order chi connectivity index (χ0) is 18.8. The molecule has 1 aliphatic heterocycles. The van der Waals surface area contributed by atoms with Crippen LogP contribution in [0.5, 0.6) is 0 Å². The highest BCUT2D eigenvalue weighted by Crippen LogP contribution is 2.26. The Morgan fingerprint density at radius 3 is 2.54 bits per heavy atom.